The highest BCUT2D eigenvalue weighted by atomic mass is 16.5. The van der Waals surface area contributed by atoms with E-state index in [0.717, 1.165) is 11.3 Å². The standard InChI is InChI=1S/C16H15NO3/c1-17-11-4-7-13-15(8-11)20-9-14(16(13)19)10-2-5-12(18)6-3-10/h2-8,14,17-18H,9H2,1H3. The number of hydrogen-bond donors (Lipinski definition) is 2. The zero-order valence-corrected chi connectivity index (χ0v) is 11.1. The Morgan fingerprint density at radius 1 is 1.20 bits per heavy atom. The number of nitrogens with one attached hydrogen (secondary N) is 1. The van der Waals surface area contributed by atoms with Crippen molar-refractivity contribution in [2.75, 3.05) is 19.0 Å². The Bertz CT molecular complexity index is 649. The minimum atomic E-state index is -0.316. The monoisotopic (exact) mass is 269 g/mol. The van der Waals surface area contributed by atoms with Crippen LogP contribution in [0.5, 0.6) is 11.5 Å². The van der Waals surface area contributed by atoms with Gasteiger partial charge >= 0.3 is 0 Å². The number of ether oxygens (including phenoxy) is 1. The Hall–Kier alpha value is -2.49. The van der Waals surface area contributed by atoms with Crippen LogP contribution < -0.4 is 10.1 Å². The van der Waals surface area contributed by atoms with Crippen LogP contribution in [0.4, 0.5) is 5.69 Å². The van der Waals surface area contributed by atoms with Crippen LogP contribution in [0.2, 0.25) is 0 Å². The Morgan fingerprint density at radius 2 is 1.95 bits per heavy atom. The molecule has 4 heteroatoms. The van der Waals surface area contributed by atoms with Gasteiger partial charge < -0.3 is 15.2 Å². The van der Waals surface area contributed by atoms with Crippen molar-refractivity contribution in [2.24, 2.45) is 0 Å². The topological polar surface area (TPSA) is 58.6 Å². The average molecular weight is 269 g/mol. The van der Waals surface area contributed by atoms with Gasteiger partial charge in [-0.15, -0.1) is 0 Å². The maximum absolute atomic E-state index is 12.5. The summed E-state index contributed by atoms with van der Waals surface area (Å²) in [4.78, 5) is 12.5. The molecule has 2 N–H and O–H groups in total. The maximum Gasteiger partial charge on any atom is 0.177 e. The first-order chi connectivity index (χ1) is 9.69. The van der Waals surface area contributed by atoms with Crippen LogP contribution in [0, 0.1) is 0 Å². The van der Waals surface area contributed by atoms with E-state index in [1.54, 1.807) is 30.3 Å². The van der Waals surface area contributed by atoms with E-state index < -0.39 is 0 Å². The quantitative estimate of drug-likeness (QED) is 0.880. The number of phenolic OH excluding ortho intramolecular Hbond substituents is 1. The van der Waals surface area contributed by atoms with Crippen LogP contribution in [0.3, 0.4) is 0 Å². The molecule has 0 aromatic heterocycles. The van der Waals surface area contributed by atoms with Crippen molar-refractivity contribution in [1.82, 2.24) is 0 Å². The van der Waals surface area contributed by atoms with Crippen molar-refractivity contribution in [3.05, 3.63) is 53.6 Å². The predicted octanol–water partition coefficient (Wildman–Crippen LogP) is 2.79. The van der Waals surface area contributed by atoms with Gasteiger partial charge in [0.25, 0.3) is 0 Å². The summed E-state index contributed by atoms with van der Waals surface area (Å²) in [5.41, 5.74) is 2.38. The van der Waals surface area contributed by atoms with Crippen LogP contribution >= 0.6 is 0 Å². The second kappa shape index (κ2) is 4.89. The minimum absolute atomic E-state index is 0.0552. The molecule has 0 radical (unpaired) electrons. The Balaban J connectivity index is 1.94. The molecule has 4 nitrogen and oxygen atoms in total. The largest absolute Gasteiger partial charge is 0.508 e. The van der Waals surface area contributed by atoms with E-state index in [4.69, 9.17) is 4.74 Å². The van der Waals surface area contributed by atoms with Gasteiger partial charge in [-0.05, 0) is 29.8 Å². The van der Waals surface area contributed by atoms with E-state index >= 15 is 0 Å². The zero-order chi connectivity index (χ0) is 14.1. The number of carbonyl (C=O) groups excluding carboxylic acids is 1. The summed E-state index contributed by atoms with van der Waals surface area (Å²) >= 11 is 0. The summed E-state index contributed by atoms with van der Waals surface area (Å²) in [5, 5.41) is 12.3. The molecule has 0 amide bonds. The van der Waals surface area contributed by atoms with Crippen LogP contribution in [-0.2, 0) is 0 Å². The summed E-state index contributed by atoms with van der Waals surface area (Å²) in [5.74, 6) is 0.553. The lowest BCUT2D eigenvalue weighted by molar-refractivity contribution is 0.0896. The van der Waals surface area contributed by atoms with Gasteiger partial charge in [0, 0.05) is 18.8 Å². The van der Waals surface area contributed by atoms with E-state index in [1.807, 2.05) is 19.2 Å². The molecule has 1 aliphatic heterocycles. The number of carbonyl (C=O) groups is 1. The van der Waals surface area contributed by atoms with Crippen LogP contribution in [-0.4, -0.2) is 24.5 Å². The van der Waals surface area contributed by atoms with E-state index in [0.29, 0.717) is 17.9 Å². The SMILES string of the molecule is CNc1ccc2c(c1)OCC(c1ccc(O)cc1)C2=O. The molecular formula is C16H15NO3. The third kappa shape index (κ3) is 2.09. The minimum Gasteiger partial charge on any atom is -0.508 e. The predicted molar refractivity (Wildman–Crippen MR) is 76.7 cm³/mol. The molecule has 0 saturated heterocycles. The van der Waals surface area contributed by atoms with Gasteiger partial charge in [0.2, 0.25) is 0 Å². The lowest BCUT2D eigenvalue weighted by atomic mass is 9.89. The maximum atomic E-state index is 12.5. The summed E-state index contributed by atoms with van der Waals surface area (Å²) in [7, 11) is 1.83. The van der Waals surface area contributed by atoms with Gasteiger partial charge in [0.05, 0.1) is 11.5 Å². The molecule has 3 rings (SSSR count). The smallest absolute Gasteiger partial charge is 0.177 e. The molecule has 0 bridgehead atoms. The van der Waals surface area contributed by atoms with E-state index in [-0.39, 0.29) is 17.5 Å². The molecule has 0 aliphatic carbocycles. The fourth-order valence-electron chi connectivity index (χ4n) is 2.39. The Kier molecular flexibility index (Phi) is 3.06. The second-order valence-electron chi connectivity index (χ2n) is 4.78. The van der Waals surface area contributed by atoms with Crippen molar-refractivity contribution < 1.29 is 14.6 Å². The molecule has 0 saturated carbocycles. The van der Waals surface area contributed by atoms with Crippen molar-refractivity contribution >= 4 is 11.5 Å². The number of Topliss-reactive ketones (excluding diaryl/α,β-unsaturated/α-hetero) is 1. The first kappa shape index (κ1) is 12.5. The molecule has 1 heterocycles. The third-order valence-corrected chi connectivity index (χ3v) is 3.55. The number of benzene rings is 2. The first-order valence-electron chi connectivity index (χ1n) is 6.47. The van der Waals surface area contributed by atoms with Crippen LogP contribution in [0.15, 0.2) is 42.5 Å². The zero-order valence-electron chi connectivity index (χ0n) is 11.1. The number of fused-ring (bicyclic) bond motifs is 1. The highest BCUT2D eigenvalue weighted by Gasteiger charge is 2.30. The van der Waals surface area contributed by atoms with Crippen LogP contribution in [0.1, 0.15) is 21.8 Å². The summed E-state index contributed by atoms with van der Waals surface area (Å²) < 4.78 is 5.71. The molecular weight excluding hydrogens is 254 g/mol. The van der Waals surface area contributed by atoms with Gasteiger partial charge in [-0.2, -0.15) is 0 Å². The highest BCUT2D eigenvalue weighted by Crippen LogP contribution is 2.34. The van der Waals surface area contributed by atoms with Crippen LogP contribution in [0.25, 0.3) is 0 Å². The normalized spacial score (nSPS) is 17.2. The molecule has 0 fully saturated rings. The number of phenols is 1. The molecule has 102 valence electrons. The molecule has 20 heavy (non-hydrogen) atoms. The fraction of sp³-hybridized carbons (Fsp3) is 0.188. The van der Waals surface area contributed by atoms with Gasteiger partial charge in [0.15, 0.2) is 5.78 Å². The van der Waals surface area contributed by atoms with E-state index in [1.165, 1.54) is 0 Å². The van der Waals surface area contributed by atoms with Crippen molar-refractivity contribution in [3.63, 3.8) is 0 Å². The third-order valence-electron chi connectivity index (χ3n) is 3.55. The summed E-state index contributed by atoms with van der Waals surface area (Å²) in [6.45, 7) is 0.323. The molecule has 1 atom stereocenters. The lowest BCUT2D eigenvalue weighted by Crippen LogP contribution is -2.26. The van der Waals surface area contributed by atoms with Crippen molar-refractivity contribution in [2.45, 2.75) is 5.92 Å². The first-order valence-corrected chi connectivity index (χ1v) is 6.47. The average Bonchev–Trinajstić information content (AvgIpc) is 2.48. The van der Waals surface area contributed by atoms with E-state index in [2.05, 4.69) is 5.32 Å². The van der Waals surface area contributed by atoms with Crippen molar-refractivity contribution in [3.8, 4) is 11.5 Å². The molecule has 0 spiro atoms. The Labute approximate surface area is 117 Å². The number of aromatic hydroxyl groups is 1. The Morgan fingerprint density at radius 3 is 2.65 bits per heavy atom. The lowest BCUT2D eigenvalue weighted by Gasteiger charge is -2.25. The summed E-state index contributed by atoms with van der Waals surface area (Å²) in [6, 6.07) is 12.2. The second-order valence-corrected chi connectivity index (χ2v) is 4.78. The van der Waals surface area contributed by atoms with Crippen molar-refractivity contribution in [1.29, 1.82) is 0 Å². The highest BCUT2D eigenvalue weighted by molar-refractivity contribution is 6.04. The molecule has 1 unspecified atom stereocenters. The van der Waals surface area contributed by atoms with Gasteiger partial charge in [-0.25, -0.2) is 0 Å². The van der Waals surface area contributed by atoms with E-state index in [9.17, 15) is 9.90 Å². The van der Waals surface area contributed by atoms with Gasteiger partial charge in [-0.1, -0.05) is 12.1 Å². The number of anilines is 1. The summed E-state index contributed by atoms with van der Waals surface area (Å²) in [6.07, 6.45) is 0. The fourth-order valence-corrected chi connectivity index (χ4v) is 2.39. The number of rotatable bonds is 2. The molecule has 2 aromatic carbocycles. The van der Waals surface area contributed by atoms with Gasteiger partial charge in [0.1, 0.15) is 18.1 Å². The van der Waals surface area contributed by atoms with Gasteiger partial charge in [-0.3, -0.25) is 4.79 Å². The molecule has 2 aromatic rings. The number of ketones is 1. The number of hydrogen-bond acceptors (Lipinski definition) is 4. The molecule has 1 aliphatic rings.